The zero-order valence-electron chi connectivity index (χ0n) is 11.8. The fraction of sp³-hybridized carbons (Fsp3) is 0.562. The third-order valence-corrected chi connectivity index (χ3v) is 4.46. The lowest BCUT2D eigenvalue weighted by atomic mass is 10.0. The molecule has 1 aromatic carbocycles. The molecule has 2 heterocycles. The van der Waals surface area contributed by atoms with Gasteiger partial charge in [0.05, 0.1) is 13.2 Å². The van der Waals surface area contributed by atoms with E-state index in [1.165, 1.54) is 5.56 Å². The lowest BCUT2D eigenvalue weighted by Crippen LogP contribution is -2.45. The van der Waals surface area contributed by atoms with Crippen LogP contribution < -0.4 is 4.90 Å². The van der Waals surface area contributed by atoms with Crippen LogP contribution in [0.1, 0.15) is 24.8 Å². The number of carbonyl (C=O) groups excluding carboxylic acids is 1. The van der Waals surface area contributed by atoms with Crippen molar-refractivity contribution in [2.24, 2.45) is 0 Å². The maximum Gasteiger partial charge on any atom is 0.241 e. The quantitative estimate of drug-likeness (QED) is 0.906. The number of likely N-dealkylation sites (tertiary alicyclic amines) is 1. The third-order valence-electron chi connectivity index (χ3n) is 4.46. The third kappa shape index (κ3) is 2.58. The summed E-state index contributed by atoms with van der Waals surface area (Å²) in [5.74, 6) is 0.164. The molecule has 1 atom stereocenters. The SMILES string of the molecule is O=C(CN1CCC[C@@H]1CO)N1CCCc2ccccc21. The molecule has 0 radical (unpaired) electrons. The summed E-state index contributed by atoms with van der Waals surface area (Å²) in [6.07, 6.45) is 4.17. The van der Waals surface area contributed by atoms with Crippen molar-refractivity contribution in [2.45, 2.75) is 31.7 Å². The summed E-state index contributed by atoms with van der Waals surface area (Å²) in [7, 11) is 0. The van der Waals surface area contributed by atoms with Crippen LogP contribution in [-0.2, 0) is 11.2 Å². The summed E-state index contributed by atoms with van der Waals surface area (Å²) in [5, 5.41) is 9.35. The molecule has 3 rings (SSSR count). The summed E-state index contributed by atoms with van der Waals surface area (Å²) in [6, 6.07) is 8.35. The predicted molar refractivity (Wildman–Crippen MR) is 78.8 cm³/mol. The van der Waals surface area contributed by atoms with E-state index in [1.54, 1.807) is 0 Å². The van der Waals surface area contributed by atoms with E-state index in [0.29, 0.717) is 6.54 Å². The minimum Gasteiger partial charge on any atom is -0.395 e. The van der Waals surface area contributed by atoms with Crippen molar-refractivity contribution in [3.63, 3.8) is 0 Å². The van der Waals surface area contributed by atoms with Crippen molar-refractivity contribution in [1.29, 1.82) is 0 Å². The first-order chi connectivity index (χ1) is 9.79. The van der Waals surface area contributed by atoms with Gasteiger partial charge in [-0.25, -0.2) is 0 Å². The molecule has 0 aromatic heterocycles. The molecule has 1 N–H and O–H groups in total. The van der Waals surface area contributed by atoms with Crippen LogP contribution in [0, 0.1) is 0 Å². The van der Waals surface area contributed by atoms with E-state index in [2.05, 4.69) is 11.0 Å². The molecule has 4 nitrogen and oxygen atoms in total. The van der Waals surface area contributed by atoms with Gasteiger partial charge in [0.25, 0.3) is 0 Å². The van der Waals surface area contributed by atoms with E-state index in [-0.39, 0.29) is 18.6 Å². The molecule has 0 bridgehead atoms. The summed E-state index contributed by atoms with van der Waals surface area (Å²) >= 11 is 0. The molecule has 2 aliphatic heterocycles. The van der Waals surface area contributed by atoms with Gasteiger partial charge in [0, 0.05) is 18.3 Å². The smallest absolute Gasteiger partial charge is 0.241 e. The number of aliphatic hydroxyl groups is 1. The van der Waals surface area contributed by atoms with Crippen molar-refractivity contribution in [3.05, 3.63) is 29.8 Å². The molecule has 20 heavy (non-hydrogen) atoms. The zero-order valence-corrected chi connectivity index (χ0v) is 11.8. The van der Waals surface area contributed by atoms with Gasteiger partial charge in [0.2, 0.25) is 5.91 Å². The largest absolute Gasteiger partial charge is 0.395 e. The highest BCUT2D eigenvalue weighted by molar-refractivity contribution is 5.96. The topological polar surface area (TPSA) is 43.8 Å². The van der Waals surface area contributed by atoms with Crippen molar-refractivity contribution in [3.8, 4) is 0 Å². The molecule has 2 aliphatic rings. The van der Waals surface area contributed by atoms with Crippen LogP contribution in [0.15, 0.2) is 24.3 Å². The second-order valence-electron chi connectivity index (χ2n) is 5.73. The normalized spacial score (nSPS) is 22.9. The maximum atomic E-state index is 12.6. The van der Waals surface area contributed by atoms with E-state index in [0.717, 1.165) is 44.5 Å². The van der Waals surface area contributed by atoms with Gasteiger partial charge >= 0.3 is 0 Å². The molecule has 0 saturated carbocycles. The van der Waals surface area contributed by atoms with Crippen molar-refractivity contribution in [2.75, 3.05) is 31.1 Å². The van der Waals surface area contributed by atoms with E-state index in [9.17, 15) is 9.90 Å². The Bertz CT molecular complexity index is 489. The molecule has 1 fully saturated rings. The Balaban J connectivity index is 1.72. The monoisotopic (exact) mass is 274 g/mol. The number of anilines is 1. The number of amides is 1. The second kappa shape index (κ2) is 5.94. The summed E-state index contributed by atoms with van der Waals surface area (Å²) in [6.45, 7) is 2.32. The highest BCUT2D eigenvalue weighted by Crippen LogP contribution is 2.27. The molecule has 1 saturated heterocycles. The first-order valence-corrected chi connectivity index (χ1v) is 7.53. The number of carbonyl (C=O) groups is 1. The van der Waals surface area contributed by atoms with Crippen molar-refractivity contribution >= 4 is 11.6 Å². The molecule has 108 valence electrons. The first-order valence-electron chi connectivity index (χ1n) is 7.53. The van der Waals surface area contributed by atoms with Gasteiger partial charge < -0.3 is 10.0 Å². The molecule has 0 aliphatic carbocycles. The number of para-hydroxylation sites is 1. The van der Waals surface area contributed by atoms with Gasteiger partial charge in [-0.05, 0) is 43.9 Å². The number of hydrogen-bond donors (Lipinski definition) is 1. The maximum absolute atomic E-state index is 12.6. The van der Waals surface area contributed by atoms with Crippen LogP contribution in [0.25, 0.3) is 0 Å². The summed E-state index contributed by atoms with van der Waals surface area (Å²) < 4.78 is 0. The predicted octanol–water partition coefficient (Wildman–Crippen LogP) is 1.42. The highest BCUT2D eigenvalue weighted by Gasteiger charge is 2.29. The number of fused-ring (bicyclic) bond motifs is 1. The Morgan fingerprint density at radius 3 is 2.95 bits per heavy atom. The minimum atomic E-state index is 0.157. The average Bonchev–Trinajstić information content (AvgIpc) is 2.93. The van der Waals surface area contributed by atoms with Gasteiger partial charge in [-0.3, -0.25) is 9.69 Å². The average molecular weight is 274 g/mol. The van der Waals surface area contributed by atoms with E-state index >= 15 is 0 Å². The Morgan fingerprint density at radius 1 is 1.25 bits per heavy atom. The van der Waals surface area contributed by atoms with Crippen LogP contribution in [-0.4, -0.2) is 48.2 Å². The minimum absolute atomic E-state index is 0.157. The van der Waals surface area contributed by atoms with Crippen LogP contribution in [0.4, 0.5) is 5.69 Å². The number of aryl methyl sites for hydroxylation is 1. The van der Waals surface area contributed by atoms with Gasteiger partial charge in [0.15, 0.2) is 0 Å². The fourth-order valence-corrected chi connectivity index (χ4v) is 3.36. The molecular formula is C16H22N2O2. The number of aliphatic hydroxyl groups excluding tert-OH is 1. The Labute approximate surface area is 120 Å². The van der Waals surface area contributed by atoms with Crippen molar-refractivity contribution in [1.82, 2.24) is 4.90 Å². The molecular weight excluding hydrogens is 252 g/mol. The Morgan fingerprint density at radius 2 is 2.10 bits per heavy atom. The number of hydrogen-bond acceptors (Lipinski definition) is 3. The zero-order chi connectivity index (χ0) is 13.9. The van der Waals surface area contributed by atoms with Crippen molar-refractivity contribution < 1.29 is 9.90 Å². The molecule has 4 heteroatoms. The van der Waals surface area contributed by atoms with Crippen LogP contribution >= 0.6 is 0 Å². The Kier molecular flexibility index (Phi) is 4.03. The summed E-state index contributed by atoms with van der Waals surface area (Å²) in [5.41, 5.74) is 2.34. The standard InChI is InChI=1S/C16H22N2O2/c19-12-14-7-4-9-17(14)11-16(20)18-10-3-6-13-5-1-2-8-15(13)18/h1-2,5,8,14,19H,3-4,6-7,9-12H2/t14-/m1/s1. The van der Waals surface area contributed by atoms with Gasteiger partial charge in [-0.1, -0.05) is 18.2 Å². The van der Waals surface area contributed by atoms with Crippen LogP contribution in [0.3, 0.4) is 0 Å². The summed E-state index contributed by atoms with van der Waals surface area (Å²) in [4.78, 5) is 16.6. The highest BCUT2D eigenvalue weighted by atomic mass is 16.3. The Hall–Kier alpha value is -1.39. The van der Waals surface area contributed by atoms with E-state index < -0.39 is 0 Å². The lowest BCUT2D eigenvalue weighted by Gasteiger charge is -2.32. The second-order valence-corrected chi connectivity index (χ2v) is 5.73. The van der Waals surface area contributed by atoms with Gasteiger partial charge in [-0.2, -0.15) is 0 Å². The number of benzene rings is 1. The lowest BCUT2D eigenvalue weighted by molar-refractivity contribution is -0.120. The molecule has 0 spiro atoms. The van der Waals surface area contributed by atoms with E-state index in [1.807, 2.05) is 23.1 Å². The molecule has 1 aromatic rings. The molecule has 0 unspecified atom stereocenters. The fourth-order valence-electron chi connectivity index (χ4n) is 3.36. The van der Waals surface area contributed by atoms with Gasteiger partial charge in [-0.15, -0.1) is 0 Å². The molecule has 1 amide bonds. The van der Waals surface area contributed by atoms with Crippen LogP contribution in [0.2, 0.25) is 0 Å². The number of rotatable bonds is 3. The van der Waals surface area contributed by atoms with E-state index in [4.69, 9.17) is 0 Å². The first kappa shape index (κ1) is 13.6. The number of nitrogens with zero attached hydrogens (tertiary/aromatic N) is 2. The van der Waals surface area contributed by atoms with Gasteiger partial charge in [0.1, 0.15) is 0 Å². The van der Waals surface area contributed by atoms with Crippen LogP contribution in [0.5, 0.6) is 0 Å².